The van der Waals surface area contributed by atoms with Gasteiger partial charge in [-0.2, -0.15) is 0 Å². The van der Waals surface area contributed by atoms with Crippen molar-refractivity contribution < 1.29 is 57.1 Å². The lowest BCUT2D eigenvalue weighted by Gasteiger charge is -2.47. The standard InChI is InChI=1S/C44H71N7O12S/c1-26-22-44(7,59-9)40(29(4)37(52)30(5)41(55)60-25-43(6,56)39(54)28(3)36(26)48-63-33-11-10-18-46-23-33)62-42-38(53)35(21-27(2)61-42)50(8)19-17-32-24-51(49-47-32)20-16-31-12-14-34(15-13-31)64(45,57)58/h12-15,24,26-30,33,35,38-40,42,46,53-54,56H,10-11,16-23,25H2,1-9H3,(H2,45,57,58)/b48-36+/t26-,27-,28+,29+,30-,33-,35+,38-,39-,40-,42+,43-,44-/m1/s1. The SMILES string of the molecule is CO[C@]1(C)C[C@@H](C)/C(=N\O[C@@H]2CCCNC2)[C@H](C)[C@@H](O)[C@](C)(O)COC(=O)[C@H](C)C(=O)[C@H](C)[C@H]1O[C@@H]1O[C@H](C)C[C@H](N(C)CCc2cn(CCc3ccc(S(N)(=O)=O)cc3)nn2)[C@H]1O. The smallest absolute Gasteiger partial charge is 0.316 e. The van der Waals surface area contributed by atoms with Crippen LogP contribution in [-0.4, -0.2) is 156 Å². The Balaban J connectivity index is 1.34. The van der Waals surface area contributed by atoms with Crippen LogP contribution in [0.25, 0.3) is 0 Å². The second-order valence-electron chi connectivity index (χ2n) is 18.6. The molecular formula is C44H71N7O12S. The van der Waals surface area contributed by atoms with Gasteiger partial charge in [0.2, 0.25) is 10.0 Å². The highest BCUT2D eigenvalue weighted by Crippen LogP contribution is 2.38. The summed E-state index contributed by atoms with van der Waals surface area (Å²) in [5, 5.41) is 56.7. The number of aliphatic hydroxyl groups excluding tert-OH is 2. The van der Waals surface area contributed by atoms with Gasteiger partial charge >= 0.3 is 5.97 Å². The van der Waals surface area contributed by atoms with Gasteiger partial charge in [-0.15, -0.1) is 5.10 Å². The van der Waals surface area contributed by atoms with E-state index in [1.54, 1.807) is 37.6 Å². The summed E-state index contributed by atoms with van der Waals surface area (Å²) in [6, 6.07) is 5.97. The molecule has 6 N–H and O–H groups in total. The molecule has 0 saturated carbocycles. The molecule has 13 atom stereocenters. The molecule has 64 heavy (non-hydrogen) atoms. The Morgan fingerprint density at radius 1 is 1.08 bits per heavy atom. The van der Waals surface area contributed by atoms with Gasteiger partial charge in [0.05, 0.1) is 40.2 Å². The van der Waals surface area contributed by atoms with Crippen molar-refractivity contribution >= 4 is 27.5 Å². The van der Waals surface area contributed by atoms with Gasteiger partial charge in [-0.25, -0.2) is 13.6 Å². The number of aryl methyl sites for hydroxylation is 2. The molecule has 1 aromatic heterocycles. The van der Waals surface area contributed by atoms with Crippen molar-refractivity contribution in [2.24, 2.45) is 34.0 Å². The number of hydrogen-bond donors (Lipinski definition) is 5. The topological polar surface area (TPSA) is 259 Å². The van der Waals surface area contributed by atoms with Gasteiger partial charge in [-0.05, 0) is 91.1 Å². The Morgan fingerprint density at radius 2 is 1.78 bits per heavy atom. The van der Waals surface area contributed by atoms with Crippen molar-refractivity contribution in [1.82, 2.24) is 25.2 Å². The van der Waals surface area contributed by atoms with Crippen LogP contribution in [0.4, 0.5) is 0 Å². The van der Waals surface area contributed by atoms with Crippen molar-refractivity contribution in [3.63, 3.8) is 0 Å². The number of aromatic nitrogens is 3. The Hall–Kier alpha value is -3.44. The molecule has 19 nitrogen and oxygen atoms in total. The van der Waals surface area contributed by atoms with Gasteiger partial charge in [0, 0.05) is 63.2 Å². The second kappa shape index (κ2) is 21.9. The number of nitrogens with two attached hydrogens (primary N) is 1. The number of cyclic esters (lactones) is 1. The van der Waals surface area contributed by atoms with E-state index >= 15 is 0 Å². The first-order chi connectivity index (χ1) is 30.0. The van der Waals surface area contributed by atoms with Gasteiger partial charge in [0.25, 0.3) is 0 Å². The van der Waals surface area contributed by atoms with Crippen LogP contribution in [0.2, 0.25) is 0 Å². The zero-order valence-electron chi connectivity index (χ0n) is 38.8. The number of carbonyl (C=O) groups is 2. The molecule has 3 saturated heterocycles. The Morgan fingerprint density at radius 3 is 2.42 bits per heavy atom. The summed E-state index contributed by atoms with van der Waals surface area (Å²) in [5.74, 6) is -4.85. The molecule has 2 aromatic rings. The summed E-state index contributed by atoms with van der Waals surface area (Å²) in [6.45, 7) is 13.7. The van der Waals surface area contributed by atoms with E-state index in [4.69, 9.17) is 28.9 Å². The molecule has 0 amide bonds. The number of oxime groups is 1. The van der Waals surface area contributed by atoms with E-state index in [-0.39, 0.29) is 23.5 Å². The lowest BCUT2D eigenvalue weighted by atomic mass is 9.75. The Bertz CT molecular complexity index is 1990. The number of ketones is 1. The first-order valence-corrected chi connectivity index (χ1v) is 23.9. The fourth-order valence-corrected chi connectivity index (χ4v) is 9.62. The number of benzene rings is 1. The molecule has 1 aromatic carbocycles. The van der Waals surface area contributed by atoms with Gasteiger partial charge in [0.1, 0.15) is 30.3 Å². The summed E-state index contributed by atoms with van der Waals surface area (Å²) in [5.41, 5.74) is -1.05. The molecule has 5 rings (SSSR count). The highest BCUT2D eigenvalue weighted by Gasteiger charge is 2.50. The number of rotatable bonds is 13. The van der Waals surface area contributed by atoms with Crippen LogP contribution in [0.15, 0.2) is 40.5 Å². The quantitative estimate of drug-likeness (QED) is 0.109. The van der Waals surface area contributed by atoms with Crippen LogP contribution in [0.5, 0.6) is 0 Å². The van der Waals surface area contributed by atoms with Gasteiger partial charge in [-0.1, -0.05) is 43.3 Å². The van der Waals surface area contributed by atoms with Crippen LogP contribution in [-0.2, 0) is 62.8 Å². The van der Waals surface area contributed by atoms with E-state index in [9.17, 15) is 33.3 Å². The largest absolute Gasteiger partial charge is 0.462 e. The van der Waals surface area contributed by atoms with Crippen molar-refractivity contribution in [2.45, 2.75) is 152 Å². The van der Waals surface area contributed by atoms with E-state index in [0.29, 0.717) is 44.6 Å². The summed E-state index contributed by atoms with van der Waals surface area (Å²) in [6.07, 6.45) is -0.0681. The number of piperidine rings is 1. The number of nitrogens with one attached hydrogen (secondary N) is 1. The fraction of sp³-hybridized carbons (Fsp3) is 0.750. The van der Waals surface area contributed by atoms with Crippen LogP contribution >= 0.6 is 0 Å². The predicted molar refractivity (Wildman–Crippen MR) is 235 cm³/mol. The van der Waals surface area contributed by atoms with Crippen molar-refractivity contribution in [1.29, 1.82) is 0 Å². The minimum Gasteiger partial charge on any atom is -0.462 e. The zero-order valence-corrected chi connectivity index (χ0v) is 39.6. The van der Waals surface area contributed by atoms with E-state index in [2.05, 4.69) is 20.8 Å². The van der Waals surface area contributed by atoms with E-state index < -0.39 is 93.9 Å². The summed E-state index contributed by atoms with van der Waals surface area (Å²) in [7, 11) is -0.362. The number of sulfonamides is 1. The molecule has 20 heteroatoms. The second-order valence-corrected chi connectivity index (χ2v) is 20.2. The van der Waals surface area contributed by atoms with Gasteiger partial charge in [-0.3, -0.25) is 14.3 Å². The Kier molecular flexibility index (Phi) is 17.6. The maximum absolute atomic E-state index is 14.2. The summed E-state index contributed by atoms with van der Waals surface area (Å²) in [4.78, 5) is 35.7. The predicted octanol–water partition coefficient (Wildman–Crippen LogP) is 1.59. The third kappa shape index (κ3) is 12.9. The number of nitrogens with zero attached hydrogens (tertiary/aromatic N) is 5. The van der Waals surface area contributed by atoms with Crippen molar-refractivity contribution in [3.8, 4) is 0 Å². The van der Waals surface area contributed by atoms with Crippen molar-refractivity contribution in [2.75, 3.05) is 40.4 Å². The monoisotopic (exact) mass is 921 g/mol. The molecule has 3 aliphatic heterocycles. The summed E-state index contributed by atoms with van der Waals surface area (Å²) >= 11 is 0. The molecule has 360 valence electrons. The average Bonchev–Trinajstić information content (AvgIpc) is 3.73. The van der Waals surface area contributed by atoms with Gasteiger partial charge < -0.3 is 49.3 Å². The highest BCUT2D eigenvalue weighted by molar-refractivity contribution is 7.89. The average molecular weight is 922 g/mol. The highest BCUT2D eigenvalue weighted by atomic mass is 32.2. The van der Waals surface area contributed by atoms with Crippen LogP contribution < -0.4 is 10.5 Å². The minimum atomic E-state index is -3.77. The molecule has 0 spiro atoms. The number of hydrogen-bond acceptors (Lipinski definition) is 17. The minimum absolute atomic E-state index is 0.0514. The maximum Gasteiger partial charge on any atom is 0.316 e. The van der Waals surface area contributed by atoms with Crippen molar-refractivity contribution in [3.05, 3.63) is 41.7 Å². The molecule has 0 aliphatic carbocycles. The maximum atomic E-state index is 14.2. The van der Waals surface area contributed by atoms with Crippen LogP contribution in [0, 0.1) is 23.7 Å². The third-order valence-corrected chi connectivity index (χ3v) is 14.2. The number of carbonyl (C=O) groups excluding carboxylic acids is 2. The number of likely N-dealkylation sites (N-methyl/N-ethyl adjacent to an activating group) is 1. The first-order valence-electron chi connectivity index (χ1n) is 22.3. The lowest BCUT2D eigenvalue weighted by Crippen LogP contribution is -2.60. The van der Waals surface area contributed by atoms with Gasteiger partial charge in [0.15, 0.2) is 12.1 Å². The number of Topliss-reactive ketones (excluding diaryl/α,β-unsaturated/α-hetero) is 1. The Labute approximate surface area is 377 Å². The molecule has 0 unspecified atom stereocenters. The number of primary sulfonamides is 1. The number of esters is 1. The van der Waals surface area contributed by atoms with E-state index in [1.165, 1.54) is 33.1 Å². The van der Waals surface area contributed by atoms with E-state index in [1.807, 2.05) is 32.0 Å². The fourth-order valence-electron chi connectivity index (χ4n) is 9.11. The normalized spacial score (nSPS) is 35.8. The third-order valence-electron chi connectivity index (χ3n) is 13.3. The number of methoxy groups -OCH3 is 1. The van der Waals surface area contributed by atoms with Crippen LogP contribution in [0.1, 0.15) is 85.4 Å². The molecular weight excluding hydrogens is 851 g/mol. The van der Waals surface area contributed by atoms with E-state index in [0.717, 1.165) is 30.6 Å². The van der Waals surface area contributed by atoms with Crippen LogP contribution in [0.3, 0.4) is 0 Å². The molecule has 3 fully saturated rings. The summed E-state index contributed by atoms with van der Waals surface area (Å²) < 4.78 is 49.7. The first kappa shape index (κ1) is 51.5. The molecule has 4 heterocycles. The number of ether oxygens (including phenoxy) is 4. The zero-order chi connectivity index (χ0) is 47.1. The number of aliphatic hydroxyl groups is 3. The molecule has 0 bridgehead atoms. The molecule has 0 radical (unpaired) electrons. The molecule has 3 aliphatic rings. The lowest BCUT2D eigenvalue weighted by molar-refractivity contribution is -0.295.